The topological polar surface area (TPSA) is 69.7 Å². The van der Waals surface area contributed by atoms with Crippen molar-refractivity contribution in [3.63, 3.8) is 0 Å². The molecule has 5 heteroatoms. The molecule has 1 saturated heterocycles. The van der Waals surface area contributed by atoms with E-state index in [0.717, 1.165) is 0 Å². The number of carbonyl (C=O) groups excluding carboxylic acids is 2. The van der Waals surface area contributed by atoms with Crippen LogP contribution in [-0.4, -0.2) is 35.2 Å². The molecule has 0 aromatic heterocycles. The van der Waals surface area contributed by atoms with Crippen LogP contribution in [0.5, 0.6) is 0 Å². The lowest BCUT2D eigenvalue weighted by atomic mass is 10.2. The van der Waals surface area contributed by atoms with E-state index in [-0.39, 0.29) is 0 Å². The molecule has 5 nitrogen and oxygen atoms in total. The molecule has 1 unspecified atom stereocenters. The zero-order chi connectivity index (χ0) is 11.6. The number of hydrogen-bond acceptors (Lipinski definition) is 4. The molecule has 0 N–H and O–H groups in total. The quantitative estimate of drug-likeness (QED) is 0.622. The molecule has 1 fully saturated rings. The van der Waals surface area contributed by atoms with E-state index >= 15 is 0 Å². The molecule has 15 heavy (non-hydrogen) atoms. The highest BCUT2D eigenvalue weighted by Gasteiger charge is 2.32. The second-order valence-electron chi connectivity index (χ2n) is 4.65. The Kier molecular flexibility index (Phi) is 3.21. The van der Waals surface area contributed by atoms with Crippen LogP contribution in [0.1, 0.15) is 33.6 Å². The molecule has 86 valence electrons. The molecule has 0 bridgehead atoms. The van der Waals surface area contributed by atoms with Gasteiger partial charge in [0.25, 0.3) is 0 Å². The molecular formula is C10H16NO4-. The number of rotatable bonds is 1. The highest BCUT2D eigenvalue weighted by Crippen LogP contribution is 2.20. The van der Waals surface area contributed by atoms with Gasteiger partial charge in [-0.25, -0.2) is 4.79 Å². The fraction of sp³-hybridized carbons (Fsp3) is 0.800. The van der Waals surface area contributed by atoms with Gasteiger partial charge in [-0.3, -0.25) is 4.90 Å². The van der Waals surface area contributed by atoms with Crippen molar-refractivity contribution in [1.82, 2.24) is 4.90 Å². The summed E-state index contributed by atoms with van der Waals surface area (Å²) < 4.78 is 5.10. The minimum atomic E-state index is -1.21. The zero-order valence-electron chi connectivity index (χ0n) is 9.28. The fourth-order valence-corrected chi connectivity index (χ4v) is 1.55. The lowest BCUT2D eigenvalue weighted by Crippen LogP contribution is -2.48. The first-order valence-corrected chi connectivity index (χ1v) is 5.02. The van der Waals surface area contributed by atoms with Crippen molar-refractivity contribution in [2.45, 2.75) is 45.3 Å². The predicted octanol–water partition coefficient (Wildman–Crippen LogP) is 0.136. The number of likely N-dealkylation sites (tertiary alicyclic amines) is 1. The summed E-state index contributed by atoms with van der Waals surface area (Å²) in [5, 5.41) is 10.7. The van der Waals surface area contributed by atoms with Crippen molar-refractivity contribution in [1.29, 1.82) is 0 Å². The Hall–Kier alpha value is -1.26. The van der Waals surface area contributed by atoms with Crippen LogP contribution in [0.4, 0.5) is 4.79 Å². The highest BCUT2D eigenvalue weighted by molar-refractivity contribution is 5.79. The molecule has 1 aliphatic rings. The molecule has 0 aromatic carbocycles. The van der Waals surface area contributed by atoms with Crippen molar-refractivity contribution < 1.29 is 19.4 Å². The van der Waals surface area contributed by atoms with Gasteiger partial charge in [-0.15, -0.1) is 0 Å². The maximum Gasteiger partial charge on any atom is 0.410 e. The number of nitrogens with zero attached hydrogens (tertiary/aromatic N) is 1. The maximum atomic E-state index is 11.6. The van der Waals surface area contributed by atoms with E-state index in [1.807, 2.05) is 0 Å². The number of amides is 1. The van der Waals surface area contributed by atoms with Gasteiger partial charge >= 0.3 is 6.09 Å². The monoisotopic (exact) mass is 214 g/mol. The van der Waals surface area contributed by atoms with E-state index in [2.05, 4.69) is 0 Å². The van der Waals surface area contributed by atoms with E-state index in [1.165, 1.54) is 4.90 Å². The van der Waals surface area contributed by atoms with Crippen LogP contribution in [-0.2, 0) is 9.53 Å². The Bertz CT molecular complexity index is 269. The van der Waals surface area contributed by atoms with E-state index in [1.54, 1.807) is 20.8 Å². The van der Waals surface area contributed by atoms with E-state index < -0.39 is 23.7 Å². The second kappa shape index (κ2) is 4.08. The van der Waals surface area contributed by atoms with Gasteiger partial charge in [-0.05, 0) is 33.6 Å². The Balaban J connectivity index is 2.63. The number of carboxylic acids is 1. The van der Waals surface area contributed by atoms with Crippen molar-refractivity contribution in [2.24, 2.45) is 0 Å². The van der Waals surface area contributed by atoms with Gasteiger partial charge in [0.05, 0.1) is 12.0 Å². The van der Waals surface area contributed by atoms with Crippen molar-refractivity contribution >= 4 is 12.1 Å². The molecular weight excluding hydrogens is 198 g/mol. The molecule has 0 saturated carbocycles. The summed E-state index contributed by atoms with van der Waals surface area (Å²) in [6.45, 7) is 5.66. The van der Waals surface area contributed by atoms with Crippen molar-refractivity contribution in [3.05, 3.63) is 0 Å². The molecule has 1 rings (SSSR count). The third-order valence-electron chi connectivity index (χ3n) is 2.15. The number of carbonyl (C=O) groups is 2. The third-order valence-corrected chi connectivity index (χ3v) is 2.15. The van der Waals surface area contributed by atoms with Crippen LogP contribution in [0.25, 0.3) is 0 Å². The average Bonchev–Trinajstić information content (AvgIpc) is 2.47. The van der Waals surface area contributed by atoms with E-state index in [4.69, 9.17) is 4.74 Å². The standard InChI is InChI=1S/C10H17NO4/c1-10(2,3)15-9(14)11-6-4-5-7(11)8(12)13/h7H,4-6H2,1-3H3,(H,12,13)/p-1. The molecule has 1 heterocycles. The van der Waals surface area contributed by atoms with Gasteiger partial charge in [0, 0.05) is 6.54 Å². The lowest BCUT2D eigenvalue weighted by molar-refractivity contribution is -0.310. The van der Waals surface area contributed by atoms with Gasteiger partial charge in [-0.2, -0.15) is 0 Å². The summed E-state index contributed by atoms with van der Waals surface area (Å²) in [5.41, 5.74) is -0.601. The summed E-state index contributed by atoms with van der Waals surface area (Å²) in [6, 6.07) is -0.833. The summed E-state index contributed by atoms with van der Waals surface area (Å²) in [5.74, 6) is -1.21. The second-order valence-corrected chi connectivity index (χ2v) is 4.65. The zero-order valence-corrected chi connectivity index (χ0v) is 9.28. The van der Waals surface area contributed by atoms with Gasteiger partial charge in [0.15, 0.2) is 0 Å². The van der Waals surface area contributed by atoms with Crippen LogP contribution in [0.15, 0.2) is 0 Å². The van der Waals surface area contributed by atoms with Crippen molar-refractivity contribution in [3.8, 4) is 0 Å². The molecule has 0 aromatic rings. The predicted molar refractivity (Wildman–Crippen MR) is 51.0 cm³/mol. The number of aliphatic carboxylic acids is 1. The number of hydrogen-bond donors (Lipinski definition) is 0. The van der Waals surface area contributed by atoms with Gasteiger partial charge in [0.2, 0.25) is 0 Å². The smallest absolute Gasteiger partial charge is 0.410 e. The summed E-state index contributed by atoms with van der Waals surface area (Å²) in [4.78, 5) is 23.5. The highest BCUT2D eigenvalue weighted by atomic mass is 16.6. The first-order valence-electron chi connectivity index (χ1n) is 5.02. The summed E-state index contributed by atoms with van der Waals surface area (Å²) in [7, 11) is 0. The fourth-order valence-electron chi connectivity index (χ4n) is 1.55. The Morgan fingerprint density at radius 1 is 1.40 bits per heavy atom. The minimum absolute atomic E-state index is 0.424. The first-order chi connectivity index (χ1) is 6.81. The van der Waals surface area contributed by atoms with Crippen molar-refractivity contribution in [2.75, 3.05) is 6.54 Å². The first kappa shape index (κ1) is 11.8. The van der Waals surface area contributed by atoms with Gasteiger partial charge in [0.1, 0.15) is 5.60 Å². The lowest BCUT2D eigenvalue weighted by Gasteiger charge is -2.28. The van der Waals surface area contributed by atoms with Gasteiger partial charge < -0.3 is 14.6 Å². The van der Waals surface area contributed by atoms with E-state index in [9.17, 15) is 14.7 Å². The largest absolute Gasteiger partial charge is 0.548 e. The van der Waals surface area contributed by atoms with Crippen LogP contribution in [0, 0.1) is 0 Å². The normalized spacial score (nSPS) is 21.5. The third kappa shape index (κ3) is 3.11. The number of ether oxygens (including phenoxy) is 1. The van der Waals surface area contributed by atoms with Gasteiger partial charge in [-0.1, -0.05) is 0 Å². The van der Waals surface area contributed by atoms with Crippen LogP contribution in [0.2, 0.25) is 0 Å². The molecule has 0 aliphatic carbocycles. The average molecular weight is 214 g/mol. The Morgan fingerprint density at radius 3 is 2.47 bits per heavy atom. The Labute approximate surface area is 89.0 Å². The SMILES string of the molecule is CC(C)(C)OC(=O)N1CCCC1C(=O)[O-]. The Morgan fingerprint density at radius 2 is 2.00 bits per heavy atom. The van der Waals surface area contributed by atoms with Crippen LogP contribution < -0.4 is 5.11 Å². The number of carboxylic acid groups (broad SMARTS) is 1. The molecule has 1 amide bonds. The molecule has 1 atom stereocenters. The van der Waals surface area contributed by atoms with Crippen LogP contribution >= 0.6 is 0 Å². The minimum Gasteiger partial charge on any atom is -0.548 e. The molecule has 0 spiro atoms. The van der Waals surface area contributed by atoms with Crippen LogP contribution in [0.3, 0.4) is 0 Å². The summed E-state index contributed by atoms with van der Waals surface area (Å²) in [6.07, 6.45) is 0.550. The molecule has 1 aliphatic heterocycles. The maximum absolute atomic E-state index is 11.6. The van der Waals surface area contributed by atoms with E-state index in [0.29, 0.717) is 19.4 Å². The molecule has 0 radical (unpaired) electrons. The summed E-state index contributed by atoms with van der Waals surface area (Å²) >= 11 is 0.